The Bertz CT molecular complexity index is 500. The van der Waals surface area contributed by atoms with Crippen molar-refractivity contribution in [1.29, 1.82) is 5.26 Å². The van der Waals surface area contributed by atoms with E-state index in [0.717, 1.165) is 0 Å². The molecule has 4 heteroatoms. The number of rotatable bonds is 5. The minimum atomic E-state index is -0.368. The molecule has 0 aliphatic heterocycles. The van der Waals surface area contributed by atoms with Crippen molar-refractivity contribution in [2.24, 2.45) is 0 Å². The number of carbonyl (C=O) groups excluding carboxylic acids is 2. The summed E-state index contributed by atoms with van der Waals surface area (Å²) in [5.74, 6) is -0.368. The lowest BCUT2D eigenvalue weighted by Gasteiger charge is -2.10. The van der Waals surface area contributed by atoms with Gasteiger partial charge in [0.05, 0.1) is 24.7 Å². The van der Waals surface area contributed by atoms with E-state index in [1.165, 1.54) is 0 Å². The van der Waals surface area contributed by atoms with Crippen LogP contribution in [0.5, 0.6) is 0 Å². The Labute approximate surface area is 106 Å². The molecule has 0 radical (unpaired) electrons. The lowest BCUT2D eigenvalue weighted by atomic mass is 9.94. The van der Waals surface area contributed by atoms with E-state index in [9.17, 15) is 9.59 Å². The van der Waals surface area contributed by atoms with Crippen molar-refractivity contribution in [3.8, 4) is 6.07 Å². The summed E-state index contributed by atoms with van der Waals surface area (Å²) in [5.41, 5.74) is 2.21. The number of aldehydes is 1. The molecule has 4 nitrogen and oxygen atoms in total. The topological polar surface area (TPSA) is 67.2 Å². The van der Waals surface area contributed by atoms with Gasteiger partial charge in [-0.3, -0.25) is 9.59 Å². The number of carbonyl (C=O) groups is 2. The summed E-state index contributed by atoms with van der Waals surface area (Å²) in [6.45, 7) is 3.91. The molecule has 0 saturated carbocycles. The van der Waals surface area contributed by atoms with Gasteiger partial charge in [0.2, 0.25) is 0 Å². The third-order valence-electron chi connectivity index (χ3n) is 2.68. The van der Waals surface area contributed by atoms with Gasteiger partial charge in [-0.15, -0.1) is 0 Å². The summed E-state index contributed by atoms with van der Waals surface area (Å²) in [4.78, 5) is 22.6. The molecule has 0 atom stereocenters. The second-order valence-corrected chi connectivity index (χ2v) is 3.73. The molecule has 0 N–H and O–H groups in total. The first-order valence-electron chi connectivity index (χ1n) is 5.83. The Morgan fingerprint density at radius 1 is 1.44 bits per heavy atom. The molecule has 0 aliphatic carbocycles. The largest absolute Gasteiger partial charge is 0.466 e. The zero-order chi connectivity index (χ0) is 13.5. The molecule has 0 bridgehead atoms. The van der Waals surface area contributed by atoms with Gasteiger partial charge in [-0.25, -0.2) is 0 Å². The molecule has 1 rings (SSSR count). The maximum Gasteiger partial charge on any atom is 0.310 e. The highest BCUT2D eigenvalue weighted by molar-refractivity contribution is 5.84. The van der Waals surface area contributed by atoms with Crippen molar-refractivity contribution in [3.63, 3.8) is 0 Å². The molecule has 1 aromatic rings. The van der Waals surface area contributed by atoms with Crippen LogP contribution < -0.4 is 0 Å². The van der Waals surface area contributed by atoms with Gasteiger partial charge in [0.15, 0.2) is 6.29 Å². The molecule has 0 aromatic heterocycles. The third-order valence-corrected chi connectivity index (χ3v) is 2.68. The fourth-order valence-electron chi connectivity index (χ4n) is 1.87. The van der Waals surface area contributed by atoms with Gasteiger partial charge in [0.25, 0.3) is 0 Å². The van der Waals surface area contributed by atoms with E-state index in [0.29, 0.717) is 41.6 Å². The summed E-state index contributed by atoms with van der Waals surface area (Å²) in [6.07, 6.45) is 1.34. The van der Waals surface area contributed by atoms with Gasteiger partial charge in [0.1, 0.15) is 0 Å². The fourth-order valence-corrected chi connectivity index (χ4v) is 1.87. The van der Waals surface area contributed by atoms with Crippen molar-refractivity contribution < 1.29 is 14.3 Å². The normalized spacial score (nSPS) is 9.61. The van der Waals surface area contributed by atoms with Crippen molar-refractivity contribution >= 4 is 12.3 Å². The molecule has 94 valence electrons. The Balaban J connectivity index is 3.18. The third kappa shape index (κ3) is 2.95. The van der Waals surface area contributed by atoms with Crippen LogP contribution in [0.2, 0.25) is 0 Å². The minimum Gasteiger partial charge on any atom is -0.466 e. The van der Waals surface area contributed by atoms with Crippen LogP contribution in [0.15, 0.2) is 12.1 Å². The Morgan fingerprint density at radius 3 is 2.67 bits per heavy atom. The summed E-state index contributed by atoms with van der Waals surface area (Å²) in [6, 6.07) is 5.33. The molecular weight excluding hydrogens is 230 g/mol. The number of benzene rings is 1. The molecular formula is C14H15NO3. The van der Waals surface area contributed by atoms with E-state index in [-0.39, 0.29) is 12.4 Å². The van der Waals surface area contributed by atoms with E-state index >= 15 is 0 Å². The quantitative estimate of drug-likeness (QED) is 0.588. The highest BCUT2D eigenvalue weighted by Gasteiger charge is 2.14. The zero-order valence-electron chi connectivity index (χ0n) is 10.5. The van der Waals surface area contributed by atoms with Crippen molar-refractivity contribution in [3.05, 3.63) is 34.4 Å². The molecule has 0 amide bonds. The van der Waals surface area contributed by atoms with Crippen LogP contribution in [0.25, 0.3) is 0 Å². The van der Waals surface area contributed by atoms with Crippen LogP contribution in [0.3, 0.4) is 0 Å². The number of hydrogen-bond donors (Lipinski definition) is 0. The molecule has 0 aliphatic rings. The van der Waals surface area contributed by atoms with E-state index in [4.69, 9.17) is 10.00 Å². The molecule has 0 saturated heterocycles. The van der Waals surface area contributed by atoms with Crippen LogP contribution in [0.1, 0.15) is 40.9 Å². The lowest BCUT2D eigenvalue weighted by molar-refractivity contribution is -0.142. The summed E-state index contributed by atoms with van der Waals surface area (Å²) in [5, 5.41) is 8.97. The Morgan fingerprint density at radius 2 is 2.17 bits per heavy atom. The molecule has 0 fully saturated rings. The zero-order valence-corrected chi connectivity index (χ0v) is 10.5. The highest BCUT2D eigenvalue weighted by Crippen LogP contribution is 2.19. The summed E-state index contributed by atoms with van der Waals surface area (Å²) < 4.78 is 4.86. The molecule has 0 unspecified atom stereocenters. The minimum absolute atomic E-state index is 0.0562. The van der Waals surface area contributed by atoms with Gasteiger partial charge in [-0.2, -0.15) is 5.26 Å². The van der Waals surface area contributed by atoms with Crippen LogP contribution >= 0.6 is 0 Å². The van der Waals surface area contributed by atoms with E-state index in [2.05, 4.69) is 6.07 Å². The van der Waals surface area contributed by atoms with E-state index in [1.54, 1.807) is 19.1 Å². The van der Waals surface area contributed by atoms with Crippen molar-refractivity contribution in [2.45, 2.75) is 26.7 Å². The number of nitriles is 1. The first kappa shape index (κ1) is 13.9. The predicted molar refractivity (Wildman–Crippen MR) is 66.3 cm³/mol. The second-order valence-electron chi connectivity index (χ2n) is 3.73. The smallest absolute Gasteiger partial charge is 0.310 e. The first-order valence-corrected chi connectivity index (χ1v) is 5.83. The lowest BCUT2D eigenvalue weighted by Crippen LogP contribution is -2.11. The summed E-state index contributed by atoms with van der Waals surface area (Å²) in [7, 11) is 0. The average molecular weight is 245 g/mol. The van der Waals surface area contributed by atoms with Gasteiger partial charge in [-0.1, -0.05) is 13.0 Å². The van der Waals surface area contributed by atoms with Crippen molar-refractivity contribution in [1.82, 2.24) is 0 Å². The van der Waals surface area contributed by atoms with Crippen molar-refractivity contribution in [2.75, 3.05) is 6.61 Å². The van der Waals surface area contributed by atoms with E-state index in [1.807, 2.05) is 6.92 Å². The van der Waals surface area contributed by atoms with Gasteiger partial charge in [-0.05, 0) is 30.5 Å². The van der Waals surface area contributed by atoms with Gasteiger partial charge >= 0.3 is 5.97 Å². The Kier molecular flexibility index (Phi) is 5.06. The predicted octanol–water partition coefficient (Wildman–Crippen LogP) is 2.04. The maximum atomic E-state index is 11.4. The van der Waals surface area contributed by atoms with Crippen LogP contribution in [0, 0.1) is 11.3 Å². The summed E-state index contributed by atoms with van der Waals surface area (Å²) >= 11 is 0. The number of nitrogens with zero attached hydrogens (tertiary/aromatic N) is 1. The first-order chi connectivity index (χ1) is 8.67. The molecule has 18 heavy (non-hydrogen) atoms. The van der Waals surface area contributed by atoms with Gasteiger partial charge in [0, 0.05) is 5.56 Å². The highest BCUT2D eigenvalue weighted by atomic mass is 16.5. The maximum absolute atomic E-state index is 11.4. The number of esters is 1. The molecule has 0 heterocycles. The monoisotopic (exact) mass is 245 g/mol. The van der Waals surface area contributed by atoms with Gasteiger partial charge < -0.3 is 4.74 Å². The molecule has 1 aromatic carbocycles. The van der Waals surface area contributed by atoms with Crippen LogP contribution in [-0.2, 0) is 22.4 Å². The Hall–Kier alpha value is -2.15. The van der Waals surface area contributed by atoms with Crippen LogP contribution in [-0.4, -0.2) is 18.9 Å². The SMILES string of the molecule is CCOC(=O)Cc1ccc(C#N)c(CC)c1C=O. The van der Waals surface area contributed by atoms with E-state index < -0.39 is 0 Å². The standard InChI is InChI=1S/C14H15NO3/c1-3-12-11(8-15)6-5-10(13(12)9-16)7-14(17)18-4-2/h5-6,9H,3-4,7H2,1-2H3. The number of ether oxygens (including phenoxy) is 1. The number of hydrogen-bond acceptors (Lipinski definition) is 4. The molecule has 0 spiro atoms. The second kappa shape index (κ2) is 6.55. The van der Waals surface area contributed by atoms with Crippen LogP contribution in [0.4, 0.5) is 0 Å². The fraction of sp³-hybridized carbons (Fsp3) is 0.357. The average Bonchev–Trinajstić information content (AvgIpc) is 2.38.